The zero-order valence-corrected chi connectivity index (χ0v) is 15.3. The van der Waals surface area contributed by atoms with Crippen LogP contribution in [0.2, 0.25) is 0 Å². The molecule has 1 aromatic carbocycles. The molecular formula is C18H25N3O5. The Morgan fingerprint density at radius 2 is 1.46 bits per heavy atom. The van der Waals surface area contributed by atoms with Crippen LogP contribution in [0.25, 0.3) is 0 Å². The molecule has 26 heavy (non-hydrogen) atoms. The summed E-state index contributed by atoms with van der Waals surface area (Å²) in [5, 5.41) is 2.76. The van der Waals surface area contributed by atoms with Crippen molar-refractivity contribution < 1.29 is 23.9 Å². The zero-order chi connectivity index (χ0) is 19.5. The second kappa shape index (κ2) is 10.9. The molecule has 142 valence electrons. The van der Waals surface area contributed by atoms with Gasteiger partial charge in [-0.1, -0.05) is 12.1 Å². The van der Waals surface area contributed by atoms with Gasteiger partial charge >= 0.3 is 5.97 Å². The summed E-state index contributed by atoms with van der Waals surface area (Å²) >= 11 is 0. The maximum atomic E-state index is 11.9. The van der Waals surface area contributed by atoms with Crippen molar-refractivity contribution in [2.75, 3.05) is 11.9 Å². The van der Waals surface area contributed by atoms with Crippen LogP contribution >= 0.6 is 0 Å². The first-order valence-corrected chi connectivity index (χ1v) is 8.42. The first-order valence-electron chi connectivity index (χ1n) is 8.42. The molecule has 0 saturated heterocycles. The Bertz CT molecular complexity index is 673. The van der Waals surface area contributed by atoms with Crippen molar-refractivity contribution in [1.82, 2.24) is 10.9 Å². The van der Waals surface area contributed by atoms with Gasteiger partial charge in [-0.15, -0.1) is 0 Å². The van der Waals surface area contributed by atoms with E-state index in [9.17, 15) is 19.2 Å². The van der Waals surface area contributed by atoms with Crippen LogP contribution in [0.1, 0.15) is 43.7 Å². The number of aryl methyl sites for hydroxylation is 2. The molecule has 0 saturated carbocycles. The van der Waals surface area contributed by atoms with Crippen LogP contribution in [-0.2, 0) is 23.9 Å². The third-order valence-corrected chi connectivity index (χ3v) is 3.45. The van der Waals surface area contributed by atoms with E-state index in [1.54, 1.807) is 6.92 Å². The molecule has 0 aliphatic rings. The van der Waals surface area contributed by atoms with Gasteiger partial charge in [-0.2, -0.15) is 0 Å². The van der Waals surface area contributed by atoms with Gasteiger partial charge in [0.15, 0.2) is 0 Å². The number of esters is 1. The molecule has 3 N–H and O–H groups in total. The third kappa shape index (κ3) is 8.27. The number of benzene rings is 1. The number of hydrazine groups is 1. The van der Waals surface area contributed by atoms with Gasteiger partial charge in [0, 0.05) is 24.9 Å². The molecule has 0 spiro atoms. The first-order chi connectivity index (χ1) is 12.3. The van der Waals surface area contributed by atoms with Crippen LogP contribution in [0.15, 0.2) is 18.2 Å². The summed E-state index contributed by atoms with van der Waals surface area (Å²) in [6.07, 6.45) is -0.243. The van der Waals surface area contributed by atoms with Gasteiger partial charge in [0.05, 0.1) is 13.0 Å². The highest BCUT2D eigenvalue weighted by Gasteiger charge is 2.11. The van der Waals surface area contributed by atoms with Crippen LogP contribution in [-0.4, -0.2) is 30.3 Å². The number of hydrogen-bond donors (Lipinski definition) is 3. The second-order valence-corrected chi connectivity index (χ2v) is 5.77. The van der Waals surface area contributed by atoms with Crippen LogP contribution in [0.3, 0.4) is 0 Å². The second-order valence-electron chi connectivity index (χ2n) is 5.77. The molecule has 0 fully saturated rings. The monoisotopic (exact) mass is 363 g/mol. The summed E-state index contributed by atoms with van der Waals surface area (Å²) < 4.78 is 4.70. The summed E-state index contributed by atoms with van der Waals surface area (Å²) in [6, 6.07) is 5.71. The van der Waals surface area contributed by atoms with Crippen molar-refractivity contribution in [3.05, 3.63) is 29.3 Å². The van der Waals surface area contributed by atoms with Gasteiger partial charge in [0.25, 0.3) is 0 Å². The Morgan fingerprint density at radius 3 is 2.08 bits per heavy atom. The minimum Gasteiger partial charge on any atom is -0.466 e. The standard InChI is InChI=1S/C18H25N3O5/c1-4-26-18(25)10-9-17(24)21-20-16(23)8-7-15(22)19-14-11-12(2)5-6-13(14)3/h5-6,11H,4,7-10H2,1-3H3,(H,19,22)(H,20,23)(H,21,24). The van der Waals surface area contributed by atoms with E-state index in [-0.39, 0.29) is 38.2 Å². The van der Waals surface area contributed by atoms with E-state index in [1.807, 2.05) is 32.0 Å². The van der Waals surface area contributed by atoms with Crippen LogP contribution in [0.5, 0.6) is 0 Å². The lowest BCUT2D eigenvalue weighted by Crippen LogP contribution is -2.41. The van der Waals surface area contributed by atoms with Crippen molar-refractivity contribution in [3.8, 4) is 0 Å². The zero-order valence-electron chi connectivity index (χ0n) is 15.3. The molecule has 0 radical (unpaired) electrons. The van der Waals surface area contributed by atoms with Crippen LogP contribution in [0.4, 0.5) is 5.69 Å². The van der Waals surface area contributed by atoms with E-state index in [2.05, 4.69) is 16.2 Å². The molecule has 0 aliphatic heterocycles. The molecule has 0 aliphatic carbocycles. The van der Waals surface area contributed by atoms with Gasteiger partial charge in [-0.05, 0) is 38.0 Å². The van der Waals surface area contributed by atoms with E-state index in [1.165, 1.54) is 0 Å². The maximum Gasteiger partial charge on any atom is 0.306 e. The summed E-state index contributed by atoms with van der Waals surface area (Å²) in [5.41, 5.74) is 7.07. The molecular weight excluding hydrogens is 338 g/mol. The Morgan fingerprint density at radius 1 is 0.885 bits per heavy atom. The van der Waals surface area contributed by atoms with Crippen LogP contribution in [0, 0.1) is 13.8 Å². The Labute approximate surface area is 152 Å². The lowest BCUT2D eigenvalue weighted by molar-refractivity contribution is -0.144. The van der Waals surface area contributed by atoms with Gasteiger partial charge in [0.2, 0.25) is 17.7 Å². The van der Waals surface area contributed by atoms with Crippen molar-refractivity contribution >= 4 is 29.4 Å². The summed E-state index contributed by atoms with van der Waals surface area (Å²) in [4.78, 5) is 46.2. The maximum absolute atomic E-state index is 11.9. The lowest BCUT2D eigenvalue weighted by atomic mass is 10.1. The smallest absolute Gasteiger partial charge is 0.306 e. The van der Waals surface area contributed by atoms with E-state index in [0.717, 1.165) is 11.1 Å². The molecule has 1 rings (SSSR count). The number of anilines is 1. The summed E-state index contributed by atoms with van der Waals surface area (Å²) in [7, 11) is 0. The molecule has 0 atom stereocenters. The highest BCUT2D eigenvalue weighted by Crippen LogP contribution is 2.16. The van der Waals surface area contributed by atoms with Gasteiger partial charge in [-0.3, -0.25) is 30.0 Å². The predicted molar refractivity (Wildman–Crippen MR) is 95.9 cm³/mol. The molecule has 3 amide bonds. The average Bonchev–Trinajstić information content (AvgIpc) is 2.59. The summed E-state index contributed by atoms with van der Waals surface area (Å²) in [5.74, 6) is -1.77. The van der Waals surface area contributed by atoms with Gasteiger partial charge in [0.1, 0.15) is 0 Å². The fraction of sp³-hybridized carbons (Fsp3) is 0.444. The van der Waals surface area contributed by atoms with Crippen molar-refractivity contribution in [3.63, 3.8) is 0 Å². The molecule has 1 aromatic rings. The SMILES string of the molecule is CCOC(=O)CCC(=O)NNC(=O)CCC(=O)Nc1cc(C)ccc1C. The average molecular weight is 363 g/mol. The molecule has 0 aromatic heterocycles. The number of hydrogen-bond acceptors (Lipinski definition) is 5. The fourth-order valence-electron chi connectivity index (χ4n) is 2.02. The Balaban J connectivity index is 2.27. The molecule has 8 nitrogen and oxygen atoms in total. The number of ether oxygens (including phenoxy) is 1. The Hall–Kier alpha value is -2.90. The van der Waals surface area contributed by atoms with Crippen molar-refractivity contribution in [1.29, 1.82) is 0 Å². The number of amides is 3. The van der Waals surface area contributed by atoms with Crippen molar-refractivity contribution in [2.24, 2.45) is 0 Å². The first kappa shape index (κ1) is 21.1. The van der Waals surface area contributed by atoms with Crippen molar-refractivity contribution in [2.45, 2.75) is 46.5 Å². The minimum atomic E-state index is -0.508. The number of carbonyl (C=O) groups is 4. The highest BCUT2D eigenvalue weighted by atomic mass is 16.5. The van der Waals surface area contributed by atoms with E-state index in [0.29, 0.717) is 5.69 Å². The molecule has 0 bridgehead atoms. The molecule has 0 unspecified atom stereocenters. The fourth-order valence-corrected chi connectivity index (χ4v) is 2.02. The quantitative estimate of drug-likeness (QED) is 0.479. The van der Waals surface area contributed by atoms with E-state index >= 15 is 0 Å². The number of nitrogens with one attached hydrogen (secondary N) is 3. The Kier molecular flexibility index (Phi) is 8.83. The van der Waals surface area contributed by atoms with Crippen LogP contribution < -0.4 is 16.2 Å². The van der Waals surface area contributed by atoms with Gasteiger partial charge < -0.3 is 10.1 Å². The molecule has 0 heterocycles. The normalized spacial score (nSPS) is 9.96. The highest BCUT2D eigenvalue weighted by molar-refractivity contribution is 5.94. The molecule has 8 heteroatoms. The minimum absolute atomic E-state index is 0.0160. The van der Waals surface area contributed by atoms with Gasteiger partial charge in [-0.25, -0.2) is 0 Å². The number of rotatable bonds is 8. The lowest BCUT2D eigenvalue weighted by Gasteiger charge is -2.10. The largest absolute Gasteiger partial charge is 0.466 e. The van der Waals surface area contributed by atoms with E-state index < -0.39 is 17.8 Å². The van der Waals surface area contributed by atoms with E-state index in [4.69, 9.17) is 4.74 Å². The number of carbonyl (C=O) groups excluding carboxylic acids is 4. The third-order valence-electron chi connectivity index (χ3n) is 3.45. The predicted octanol–water partition coefficient (Wildman–Crippen LogP) is 1.51. The summed E-state index contributed by atoms with van der Waals surface area (Å²) in [6.45, 7) is 5.73. The topological polar surface area (TPSA) is 114 Å².